The highest BCUT2D eigenvalue weighted by atomic mass is 19.4. The molecule has 0 aromatic carbocycles. The number of ether oxygens (including phenoxy) is 1. The van der Waals surface area contributed by atoms with Gasteiger partial charge in [-0.05, 0) is 38.6 Å². The maximum Gasteiger partial charge on any atom is 0.391 e. The molecule has 0 saturated heterocycles. The molecular formula is C14H25F3N2O2. The maximum atomic E-state index is 12.6. The molecule has 7 heteroatoms. The maximum absolute atomic E-state index is 12.6. The van der Waals surface area contributed by atoms with E-state index in [4.69, 9.17) is 10.5 Å². The van der Waals surface area contributed by atoms with Crippen LogP contribution in [0.15, 0.2) is 0 Å². The third kappa shape index (κ3) is 5.82. The fraction of sp³-hybridized carbons (Fsp3) is 0.929. The number of hydrogen-bond donors (Lipinski definition) is 1. The van der Waals surface area contributed by atoms with Gasteiger partial charge in [0.25, 0.3) is 0 Å². The third-order valence-electron chi connectivity index (χ3n) is 4.05. The lowest BCUT2D eigenvalue weighted by Crippen LogP contribution is -2.41. The molecule has 1 aliphatic carbocycles. The van der Waals surface area contributed by atoms with Crippen LogP contribution in [0.25, 0.3) is 0 Å². The Labute approximate surface area is 123 Å². The first-order valence-electron chi connectivity index (χ1n) is 7.44. The second-order valence-electron chi connectivity index (χ2n) is 5.55. The van der Waals surface area contributed by atoms with Gasteiger partial charge < -0.3 is 15.4 Å². The zero-order valence-electron chi connectivity index (χ0n) is 12.5. The van der Waals surface area contributed by atoms with E-state index in [0.29, 0.717) is 45.5 Å². The average molecular weight is 310 g/mol. The van der Waals surface area contributed by atoms with Crippen LogP contribution in [0, 0.1) is 11.8 Å². The second-order valence-corrected chi connectivity index (χ2v) is 5.55. The van der Waals surface area contributed by atoms with Crippen LogP contribution in [0.2, 0.25) is 0 Å². The lowest BCUT2D eigenvalue weighted by molar-refractivity contribution is -0.185. The molecule has 0 radical (unpaired) electrons. The molecule has 1 aliphatic rings. The quantitative estimate of drug-likeness (QED) is 0.784. The van der Waals surface area contributed by atoms with Crippen molar-refractivity contribution in [1.82, 2.24) is 4.90 Å². The van der Waals surface area contributed by atoms with Crippen molar-refractivity contribution in [3.8, 4) is 0 Å². The van der Waals surface area contributed by atoms with Gasteiger partial charge in [-0.3, -0.25) is 4.79 Å². The molecule has 0 atom stereocenters. The molecule has 0 aromatic heterocycles. The van der Waals surface area contributed by atoms with Gasteiger partial charge in [0.05, 0.1) is 12.5 Å². The number of alkyl halides is 3. The van der Waals surface area contributed by atoms with Crippen molar-refractivity contribution in [2.24, 2.45) is 17.6 Å². The van der Waals surface area contributed by atoms with Crippen LogP contribution in [-0.2, 0) is 9.53 Å². The number of nitrogens with two attached hydrogens (primary N) is 1. The summed E-state index contributed by atoms with van der Waals surface area (Å²) in [5.41, 5.74) is 5.46. The Morgan fingerprint density at radius 1 is 1.24 bits per heavy atom. The predicted octanol–water partition coefficient (Wildman–Crippen LogP) is 2.18. The topological polar surface area (TPSA) is 55.6 Å². The fourth-order valence-electron chi connectivity index (χ4n) is 2.74. The Kier molecular flexibility index (Phi) is 7.45. The number of carbonyl (C=O) groups is 1. The molecule has 0 unspecified atom stereocenters. The van der Waals surface area contributed by atoms with E-state index in [-0.39, 0.29) is 24.7 Å². The molecule has 1 saturated carbocycles. The summed E-state index contributed by atoms with van der Waals surface area (Å²) in [6.45, 7) is 1.91. The minimum Gasteiger partial charge on any atom is -0.383 e. The first-order chi connectivity index (χ1) is 9.90. The summed E-state index contributed by atoms with van der Waals surface area (Å²) in [5, 5.41) is 0. The molecule has 1 fully saturated rings. The zero-order valence-corrected chi connectivity index (χ0v) is 12.5. The minimum atomic E-state index is -4.14. The zero-order chi connectivity index (χ0) is 15.9. The molecule has 0 heterocycles. The van der Waals surface area contributed by atoms with Gasteiger partial charge in [-0.25, -0.2) is 0 Å². The summed E-state index contributed by atoms with van der Waals surface area (Å²) in [4.78, 5) is 14.1. The Hall–Kier alpha value is -0.820. The molecule has 1 rings (SSSR count). The first kappa shape index (κ1) is 18.2. The lowest BCUT2D eigenvalue weighted by Gasteiger charge is -2.32. The van der Waals surface area contributed by atoms with Gasteiger partial charge >= 0.3 is 6.18 Å². The van der Waals surface area contributed by atoms with Crippen LogP contribution in [0.1, 0.15) is 32.1 Å². The van der Waals surface area contributed by atoms with Crippen LogP contribution in [0.4, 0.5) is 13.2 Å². The van der Waals surface area contributed by atoms with E-state index in [0.717, 1.165) is 0 Å². The van der Waals surface area contributed by atoms with Gasteiger partial charge in [0.2, 0.25) is 5.91 Å². The largest absolute Gasteiger partial charge is 0.391 e. The minimum absolute atomic E-state index is 0.0505. The first-order valence-corrected chi connectivity index (χ1v) is 7.44. The monoisotopic (exact) mass is 310 g/mol. The van der Waals surface area contributed by atoms with E-state index in [9.17, 15) is 18.0 Å². The van der Waals surface area contributed by atoms with Crippen LogP contribution in [0.3, 0.4) is 0 Å². The van der Waals surface area contributed by atoms with E-state index in [1.807, 2.05) is 0 Å². The van der Waals surface area contributed by atoms with Crippen LogP contribution in [0.5, 0.6) is 0 Å². The fourth-order valence-corrected chi connectivity index (χ4v) is 2.74. The van der Waals surface area contributed by atoms with Crippen molar-refractivity contribution in [2.45, 2.75) is 38.3 Å². The summed E-state index contributed by atoms with van der Waals surface area (Å²) in [6.07, 6.45) is -2.72. The van der Waals surface area contributed by atoms with E-state index in [1.165, 1.54) is 0 Å². The van der Waals surface area contributed by atoms with Gasteiger partial charge in [0.15, 0.2) is 0 Å². The summed E-state index contributed by atoms with van der Waals surface area (Å²) in [6, 6.07) is 0. The molecular weight excluding hydrogens is 285 g/mol. The van der Waals surface area contributed by atoms with Crippen molar-refractivity contribution >= 4 is 5.91 Å². The number of carbonyl (C=O) groups excluding carboxylic acids is 1. The van der Waals surface area contributed by atoms with E-state index in [1.54, 1.807) is 12.0 Å². The number of hydrogen-bond acceptors (Lipinski definition) is 3. The van der Waals surface area contributed by atoms with Crippen molar-refractivity contribution in [3.05, 3.63) is 0 Å². The summed E-state index contributed by atoms with van der Waals surface area (Å²) in [5.74, 6) is -1.60. The Bertz CT molecular complexity index is 308. The predicted molar refractivity (Wildman–Crippen MR) is 73.6 cm³/mol. The summed E-state index contributed by atoms with van der Waals surface area (Å²) in [7, 11) is 1.56. The van der Waals surface area contributed by atoms with Gasteiger partial charge in [0.1, 0.15) is 0 Å². The number of methoxy groups -OCH3 is 1. The number of nitrogens with zero attached hydrogens (tertiary/aromatic N) is 1. The lowest BCUT2D eigenvalue weighted by atomic mass is 9.81. The third-order valence-corrected chi connectivity index (χ3v) is 4.05. The van der Waals surface area contributed by atoms with Crippen LogP contribution < -0.4 is 5.73 Å². The Balaban J connectivity index is 2.52. The highest BCUT2D eigenvalue weighted by molar-refractivity contribution is 5.78. The summed E-state index contributed by atoms with van der Waals surface area (Å²) < 4.78 is 42.9. The smallest absolute Gasteiger partial charge is 0.383 e. The van der Waals surface area contributed by atoms with Crippen molar-refractivity contribution < 1.29 is 22.7 Å². The molecule has 21 heavy (non-hydrogen) atoms. The second kappa shape index (κ2) is 8.58. The van der Waals surface area contributed by atoms with Crippen molar-refractivity contribution in [3.63, 3.8) is 0 Å². The van der Waals surface area contributed by atoms with Crippen molar-refractivity contribution in [1.29, 1.82) is 0 Å². The number of amides is 1. The molecule has 0 bridgehead atoms. The highest BCUT2D eigenvalue weighted by Crippen LogP contribution is 2.39. The molecule has 0 spiro atoms. The highest BCUT2D eigenvalue weighted by Gasteiger charge is 2.42. The van der Waals surface area contributed by atoms with Crippen LogP contribution in [-0.4, -0.2) is 50.3 Å². The molecule has 2 N–H and O–H groups in total. The normalized spacial score (nSPS) is 23.1. The van der Waals surface area contributed by atoms with Crippen LogP contribution >= 0.6 is 0 Å². The molecule has 0 aliphatic heterocycles. The summed E-state index contributed by atoms with van der Waals surface area (Å²) >= 11 is 0. The van der Waals surface area contributed by atoms with Gasteiger partial charge in [-0.1, -0.05) is 0 Å². The van der Waals surface area contributed by atoms with E-state index >= 15 is 0 Å². The standard InChI is InChI=1S/C14H25F3N2O2/c1-21-10-9-19(8-2-7-18)13(20)11-3-5-12(6-4-11)14(15,16)17/h11-12H,2-10,18H2,1H3. The SMILES string of the molecule is COCCN(CCCN)C(=O)C1CCC(C(F)(F)F)CC1. The molecule has 1 amide bonds. The van der Waals surface area contributed by atoms with E-state index < -0.39 is 12.1 Å². The van der Waals surface area contributed by atoms with Crippen molar-refractivity contribution in [2.75, 3.05) is 33.4 Å². The molecule has 0 aromatic rings. The van der Waals surface area contributed by atoms with E-state index in [2.05, 4.69) is 0 Å². The average Bonchev–Trinajstić information content (AvgIpc) is 2.46. The van der Waals surface area contributed by atoms with Gasteiger partial charge in [0, 0.05) is 26.1 Å². The number of halogens is 3. The van der Waals surface area contributed by atoms with Gasteiger partial charge in [-0.2, -0.15) is 13.2 Å². The molecule has 4 nitrogen and oxygen atoms in total. The Morgan fingerprint density at radius 3 is 2.33 bits per heavy atom. The van der Waals surface area contributed by atoms with Gasteiger partial charge in [-0.15, -0.1) is 0 Å². The number of rotatable bonds is 7. The Morgan fingerprint density at radius 2 is 1.86 bits per heavy atom. The molecule has 124 valence electrons.